The summed E-state index contributed by atoms with van der Waals surface area (Å²) in [4.78, 5) is 3.38. The minimum atomic E-state index is -3.93. The predicted octanol–water partition coefficient (Wildman–Crippen LogP) is 5.30. The molecule has 1 atom stereocenters. The van der Waals surface area contributed by atoms with Crippen LogP contribution < -0.4 is 0 Å². The van der Waals surface area contributed by atoms with Crippen LogP contribution in [0.25, 0.3) is 10.9 Å². The molecule has 0 saturated heterocycles. The van der Waals surface area contributed by atoms with Crippen molar-refractivity contribution < 1.29 is 12.8 Å². The third-order valence-electron chi connectivity index (χ3n) is 5.58. The maximum Gasteiger partial charge on any atom is 0.244 e. The van der Waals surface area contributed by atoms with Gasteiger partial charge >= 0.3 is 0 Å². The van der Waals surface area contributed by atoms with Gasteiger partial charge in [-0.25, -0.2) is 12.8 Å². The van der Waals surface area contributed by atoms with Crippen molar-refractivity contribution in [3.8, 4) is 0 Å². The van der Waals surface area contributed by atoms with Crippen molar-refractivity contribution in [2.45, 2.75) is 17.4 Å². The number of aromatic amines is 1. The largest absolute Gasteiger partial charge is 0.357 e. The van der Waals surface area contributed by atoms with Gasteiger partial charge in [0.15, 0.2) is 0 Å². The molecule has 1 aliphatic heterocycles. The molecule has 4 nitrogen and oxygen atoms in total. The Kier molecular flexibility index (Phi) is 4.65. The molecule has 7 heteroatoms. The van der Waals surface area contributed by atoms with E-state index in [1.165, 1.54) is 22.5 Å². The van der Waals surface area contributed by atoms with Crippen molar-refractivity contribution in [1.82, 2.24) is 9.29 Å². The highest BCUT2D eigenvalue weighted by Gasteiger charge is 2.39. The maximum atomic E-state index is 13.8. The van der Waals surface area contributed by atoms with Gasteiger partial charge < -0.3 is 4.98 Å². The fourth-order valence-corrected chi connectivity index (χ4v) is 5.96. The summed E-state index contributed by atoms with van der Waals surface area (Å²) >= 11 is 6.07. The number of rotatable bonds is 3. The monoisotopic (exact) mass is 440 g/mol. The Balaban J connectivity index is 1.72. The molecule has 0 saturated carbocycles. The normalized spacial score (nSPS) is 17.2. The second kappa shape index (κ2) is 7.23. The number of benzene rings is 3. The Hall–Kier alpha value is -2.67. The average molecular weight is 441 g/mol. The van der Waals surface area contributed by atoms with Crippen LogP contribution in [0.4, 0.5) is 4.39 Å². The summed E-state index contributed by atoms with van der Waals surface area (Å²) in [5.41, 5.74) is 3.71. The molecule has 1 aliphatic rings. The number of aromatic nitrogens is 1. The Morgan fingerprint density at radius 2 is 1.77 bits per heavy atom. The van der Waals surface area contributed by atoms with E-state index in [1.54, 1.807) is 12.1 Å². The first-order chi connectivity index (χ1) is 14.4. The van der Waals surface area contributed by atoms with Crippen LogP contribution in [0.15, 0.2) is 77.7 Å². The van der Waals surface area contributed by atoms with Crippen molar-refractivity contribution >= 4 is 32.5 Å². The fourth-order valence-electron chi connectivity index (χ4n) is 4.22. The Bertz CT molecular complexity index is 1350. The number of hydrogen-bond acceptors (Lipinski definition) is 2. The van der Waals surface area contributed by atoms with Gasteiger partial charge in [0, 0.05) is 28.2 Å². The van der Waals surface area contributed by atoms with E-state index in [4.69, 9.17) is 11.6 Å². The molecule has 0 aliphatic carbocycles. The van der Waals surface area contributed by atoms with Crippen molar-refractivity contribution in [1.29, 1.82) is 0 Å². The molecule has 0 spiro atoms. The Morgan fingerprint density at radius 1 is 1.00 bits per heavy atom. The molecule has 0 radical (unpaired) electrons. The van der Waals surface area contributed by atoms with E-state index in [0.29, 0.717) is 18.0 Å². The molecule has 2 heterocycles. The summed E-state index contributed by atoms with van der Waals surface area (Å²) in [7, 11) is -3.93. The number of sulfonamides is 1. The van der Waals surface area contributed by atoms with Gasteiger partial charge in [0.25, 0.3) is 0 Å². The van der Waals surface area contributed by atoms with Crippen LogP contribution in [0.3, 0.4) is 0 Å². The average Bonchev–Trinajstić information content (AvgIpc) is 3.12. The van der Waals surface area contributed by atoms with E-state index >= 15 is 0 Å². The van der Waals surface area contributed by atoms with Gasteiger partial charge in [0.1, 0.15) is 5.82 Å². The molecule has 4 aromatic rings. The third-order valence-corrected chi connectivity index (χ3v) is 7.69. The lowest BCUT2D eigenvalue weighted by Crippen LogP contribution is -2.40. The van der Waals surface area contributed by atoms with E-state index < -0.39 is 21.9 Å². The van der Waals surface area contributed by atoms with E-state index in [-0.39, 0.29) is 4.90 Å². The topological polar surface area (TPSA) is 53.2 Å². The van der Waals surface area contributed by atoms with E-state index in [2.05, 4.69) is 4.98 Å². The highest BCUT2D eigenvalue weighted by molar-refractivity contribution is 7.89. The molecule has 1 aromatic heterocycles. The van der Waals surface area contributed by atoms with E-state index in [1.807, 2.05) is 36.4 Å². The van der Waals surface area contributed by atoms with Gasteiger partial charge in [0.2, 0.25) is 10.0 Å². The molecule has 0 fully saturated rings. The first-order valence-corrected chi connectivity index (χ1v) is 11.4. The zero-order valence-electron chi connectivity index (χ0n) is 15.8. The molecule has 0 bridgehead atoms. The lowest BCUT2D eigenvalue weighted by atomic mass is 9.94. The zero-order valence-corrected chi connectivity index (χ0v) is 17.4. The van der Waals surface area contributed by atoms with E-state index in [0.717, 1.165) is 33.8 Å². The summed E-state index contributed by atoms with van der Waals surface area (Å²) in [6.07, 6.45) is 0.567. The smallest absolute Gasteiger partial charge is 0.244 e. The van der Waals surface area contributed by atoms with Gasteiger partial charge in [-0.3, -0.25) is 0 Å². The van der Waals surface area contributed by atoms with Crippen LogP contribution in [0.5, 0.6) is 0 Å². The van der Waals surface area contributed by atoms with Crippen molar-refractivity contribution in [2.75, 3.05) is 6.54 Å². The lowest BCUT2D eigenvalue weighted by Gasteiger charge is -2.35. The molecular weight excluding hydrogens is 423 g/mol. The first kappa shape index (κ1) is 19.3. The maximum absolute atomic E-state index is 13.8. The zero-order chi connectivity index (χ0) is 20.9. The van der Waals surface area contributed by atoms with Crippen LogP contribution in [0.1, 0.15) is 22.9 Å². The quantitative estimate of drug-likeness (QED) is 0.470. The second-order valence-corrected chi connectivity index (χ2v) is 9.67. The molecule has 30 heavy (non-hydrogen) atoms. The van der Waals surface area contributed by atoms with Gasteiger partial charge in [-0.05, 0) is 53.9 Å². The lowest BCUT2D eigenvalue weighted by molar-refractivity contribution is 0.340. The summed E-state index contributed by atoms with van der Waals surface area (Å²) in [5.74, 6) is -0.581. The molecule has 152 valence electrons. The van der Waals surface area contributed by atoms with Crippen LogP contribution in [0.2, 0.25) is 5.02 Å². The van der Waals surface area contributed by atoms with Crippen molar-refractivity contribution in [2.24, 2.45) is 0 Å². The molecule has 5 rings (SSSR count). The number of halogens is 2. The standard InChI is InChI=1S/C23H18ClFN2O2S/c24-16-10-8-15(9-11-16)23-22-20(19-6-1-2-7-21(19)26-22)12-13-27(23)30(28,29)18-5-3-4-17(25)14-18/h1-11,14,23,26H,12-13H2/t23-/m0/s1. The highest BCUT2D eigenvalue weighted by atomic mass is 35.5. The van der Waals surface area contributed by atoms with Crippen LogP contribution >= 0.6 is 11.6 Å². The van der Waals surface area contributed by atoms with Crippen LogP contribution in [-0.2, 0) is 16.4 Å². The van der Waals surface area contributed by atoms with Gasteiger partial charge in [-0.1, -0.05) is 48.0 Å². The number of fused-ring (bicyclic) bond motifs is 3. The van der Waals surface area contributed by atoms with Gasteiger partial charge in [-0.15, -0.1) is 0 Å². The van der Waals surface area contributed by atoms with E-state index in [9.17, 15) is 12.8 Å². The summed E-state index contributed by atoms with van der Waals surface area (Å²) in [6.45, 7) is 0.293. The number of nitrogens with zero attached hydrogens (tertiary/aromatic N) is 1. The molecular formula is C23H18ClFN2O2S. The minimum Gasteiger partial charge on any atom is -0.357 e. The number of H-pyrrole nitrogens is 1. The molecule has 0 amide bonds. The van der Waals surface area contributed by atoms with Crippen molar-refractivity contribution in [3.63, 3.8) is 0 Å². The second-order valence-electron chi connectivity index (χ2n) is 7.34. The SMILES string of the molecule is O=S(=O)(c1cccc(F)c1)N1CCc2c([nH]c3ccccc23)[C@@H]1c1ccc(Cl)cc1. The Morgan fingerprint density at radius 3 is 2.53 bits per heavy atom. The number of para-hydroxylation sites is 1. The number of nitrogens with one attached hydrogen (secondary N) is 1. The third kappa shape index (κ3) is 3.12. The van der Waals surface area contributed by atoms with Crippen molar-refractivity contribution in [3.05, 3.63) is 100 Å². The summed E-state index contributed by atoms with van der Waals surface area (Å²) in [6, 6.07) is 19.7. The summed E-state index contributed by atoms with van der Waals surface area (Å²) in [5, 5.41) is 1.67. The Labute approximate surface area is 179 Å². The van der Waals surface area contributed by atoms with Gasteiger partial charge in [0.05, 0.1) is 10.9 Å². The fraction of sp³-hybridized carbons (Fsp3) is 0.130. The minimum absolute atomic E-state index is 0.0546. The van der Waals surface area contributed by atoms with Gasteiger partial charge in [-0.2, -0.15) is 4.31 Å². The number of hydrogen-bond donors (Lipinski definition) is 1. The molecule has 3 aromatic carbocycles. The predicted molar refractivity (Wildman–Crippen MR) is 116 cm³/mol. The molecule has 0 unspecified atom stereocenters. The summed E-state index contributed by atoms with van der Waals surface area (Å²) < 4.78 is 42.3. The first-order valence-electron chi connectivity index (χ1n) is 9.57. The highest BCUT2D eigenvalue weighted by Crippen LogP contribution is 2.41. The van der Waals surface area contributed by atoms with Crippen LogP contribution in [-0.4, -0.2) is 24.3 Å². The molecule has 1 N–H and O–H groups in total. The van der Waals surface area contributed by atoms with Crippen LogP contribution in [0, 0.1) is 5.82 Å².